The minimum atomic E-state index is -0.459. The van der Waals surface area contributed by atoms with E-state index in [0.717, 1.165) is 5.56 Å². The topological polar surface area (TPSA) is 63.4 Å². The third-order valence-electron chi connectivity index (χ3n) is 2.02. The van der Waals surface area contributed by atoms with Crippen LogP contribution in [0.2, 0.25) is 10.0 Å². The third kappa shape index (κ3) is 3.01. The lowest BCUT2D eigenvalue weighted by molar-refractivity contribution is -0.112. The molecule has 1 aromatic carbocycles. The number of oxime groups is 1. The van der Waals surface area contributed by atoms with Crippen LogP contribution >= 0.6 is 23.2 Å². The molecular formula is C10H7Cl2N3O2. The van der Waals surface area contributed by atoms with Gasteiger partial charge in [0, 0.05) is 0 Å². The molecule has 0 bridgehead atoms. The second kappa shape index (κ2) is 5.25. The molecule has 0 N–H and O–H groups in total. The molecule has 0 saturated heterocycles. The van der Waals surface area contributed by atoms with E-state index in [9.17, 15) is 4.79 Å². The highest BCUT2D eigenvalue weighted by molar-refractivity contribution is 6.42. The Morgan fingerprint density at radius 2 is 2.18 bits per heavy atom. The van der Waals surface area contributed by atoms with E-state index in [1.165, 1.54) is 0 Å². The lowest BCUT2D eigenvalue weighted by atomic mass is 10.2. The number of nitrogens with zero attached hydrogens (tertiary/aromatic N) is 3. The lowest BCUT2D eigenvalue weighted by Crippen LogP contribution is -2.09. The van der Waals surface area contributed by atoms with Crippen molar-refractivity contribution < 1.29 is 9.63 Å². The van der Waals surface area contributed by atoms with Gasteiger partial charge in [0.05, 0.1) is 10.0 Å². The first kappa shape index (κ1) is 12.0. The minimum absolute atomic E-state index is 0.167. The van der Waals surface area contributed by atoms with Crippen LogP contribution in [-0.4, -0.2) is 18.2 Å². The fourth-order valence-corrected chi connectivity index (χ4v) is 1.49. The molecule has 0 unspecified atom stereocenters. The minimum Gasteiger partial charge on any atom is -0.390 e. The number of carbonyl (C=O) groups excluding carboxylic acids is 1. The Balaban J connectivity index is 1.94. The molecule has 0 saturated carbocycles. The van der Waals surface area contributed by atoms with E-state index in [1.54, 1.807) is 18.2 Å². The quantitative estimate of drug-likeness (QED) is 0.794. The van der Waals surface area contributed by atoms with Crippen molar-refractivity contribution in [2.45, 2.75) is 6.61 Å². The molecular weight excluding hydrogens is 265 g/mol. The molecule has 0 fully saturated rings. The third-order valence-corrected chi connectivity index (χ3v) is 2.76. The summed E-state index contributed by atoms with van der Waals surface area (Å²) in [6.45, 7) is 0.369. The molecule has 88 valence electrons. The summed E-state index contributed by atoms with van der Waals surface area (Å²) in [7, 11) is 0. The van der Waals surface area contributed by atoms with E-state index in [1.807, 2.05) is 0 Å². The van der Waals surface area contributed by atoms with Crippen molar-refractivity contribution in [2.75, 3.05) is 6.54 Å². The Labute approximate surface area is 107 Å². The second-order valence-corrected chi connectivity index (χ2v) is 4.08. The zero-order valence-corrected chi connectivity index (χ0v) is 10.1. The molecule has 0 atom stereocenters. The Morgan fingerprint density at radius 3 is 2.82 bits per heavy atom. The first-order chi connectivity index (χ1) is 8.16. The van der Waals surface area contributed by atoms with E-state index in [4.69, 9.17) is 28.0 Å². The van der Waals surface area contributed by atoms with Crippen molar-refractivity contribution in [3.63, 3.8) is 0 Å². The smallest absolute Gasteiger partial charge is 0.314 e. The molecule has 0 radical (unpaired) electrons. The molecule has 7 heteroatoms. The van der Waals surface area contributed by atoms with Crippen LogP contribution in [0, 0.1) is 0 Å². The van der Waals surface area contributed by atoms with Gasteiger partial charge in [-0.3, -0.25) is 4.79 Å². The average Bonchev–Trinajstić information content (AvgIpc) is 2.70. The maximum atomic E-state index is 11.0. The van der Waals surface area contributed by atoms with Gasteiger partial charge in [-0.2, -0.15) is 5.11 Å². The van der Waals surface area contributed by atoms with E-state index < -0.39 is 5.91 Å². The van der Waals surface area contributed by atoms with Crippen molar-refractivity contribution in [2.24, 2.45) is 15.4 Å². The second-order valence-electron chi connectivity index (χ2n) is 3.26. The fraction of sp³-hybridized carbons (Fsp3) is 0.200. The molecule has 0 aromatic heterocycles. The predicted molar refractivity (Wildman–Crippen MR) is 63.4 cm³/mol. The van der Waals surface area contributed by atoms with E-state index in [0.29, 0.717) is 10.0 Å². The number of benzene rings is 1. The summed E-state index contributed by atoms with van der Waals surface area (Å²) in [6, 6.07) is 5.11. The zero-order chi connectivity index (χ0) is 12.3. The SMILES string of the molecule is O=C1N=NCC1=NOCc1ccc(Cl)c(Cl)c1. The number of amides is 1. The van der Waals surface area contributed by atoms with Crippen LogP contribution in [0.3, 0.4) is 0 Å². The Kier molecular flexibility index (Phi) is 3.71. The zero-order valence-electron chi connectivity index (χ0n) is 8.56. The highest BCUT2D eigenvalue weighted by Gasteiger charge is 2.16. The van der Waals surface area contributed by atoms with Gasteiger partial charge < -0.3 is 4.84 Å². The molecule has 2 rings (SSSR count). The van der Waals surface area contributed by atoms with Crippen LogP contribution in [0.25, 0.3) is 0 Å². The van der Waals surface area contributed by atoms with Crippen LogP contribution in [0.4, 0.5) is 0 Å². The Morgan fingerprint density at radius 1 is 1.35 bits per heavy atom. The molecule has 17 heavy (non-hydrogen) atoms. The molecule has 1 aliphatic heterocycles. The number of halogens is 2. The van der Waals surface area contributed by atoms with Crippen LogP contribution in [0.1, 0.15) is 5.56 Å². The van der Waals surface area contributed by atoms with Crippen molar-refractivity contribution in [1.29, 1.82) is 0 Å². The number of hydrogen-bond donors (Lipinski definition) is 0. The molecule has 1 aromatic rings. The highest BCUT2D eigenvalue weighted by atomic mass is 35.5. The molecule has 0 aliphatic carbocycles. The monoisotopic (exact) mass is 271 g/mol. The van der Waals surface area contributed by atoms with Crippen molar-refractivity contribution in [1.82, 2.24) is 0 Å². The van der Waals surface area contributed by atoms with Gasteiger partial charge in [-0.05, 0) is 17.7 Å². The van der Waals surface area contributed by atoms with E-state index in [-0.39, 0.29) is 18.9 Å². The molecule has 1 aliphatic rings. The van der Waals surface area contributed by atoms with Gasteiger partial charge in [0.15, 0.2) is 5.71 Å². The van der Waals surface area contributed by atoms with Gasteiger partial charge in [-0.25, -0.2) is 0 Å². The number of azo groups is 1. The van der Waals surface area contributed by atoms with Crippen molar-refractivity contribution >= 4 is 34.8 Å². The fourth-order valence-electron chi connectivity index (χ4n) is 1.17. The van der Waals surface area contributed by atoms with Crippen LogP contribution in [-0.2, 0) is 16.2 Å². The molecule has 1 amide bonds. The van der Waals surface area contributed by atoms with E-state index in [2.05, 4.69) is 15.4 Å². The van der Waals surface area contributed by atoms with Gasteiger partial charge in [0.2, 0.25) is 0 Å². The summed E-state index contributed by atoms with van der Waals surface area (Å²) < 4.78 is 0. The lowest BCUT2D eigenvalue weighted by Gasteiger charge is -2.02. The maximum absolute atomic E-state index is 11.0. The summed E-state index contributed by atoms with van der Waals surface area (Å²) in [5, 5.41) is 11.4. The Hall–Kier alpha value is -1.46. The molecule has 5 nitrogen and oxygen atoms in total. The highest BCUT2D eigenvalue weighted by Crippen LogP contribution is 2.22. The molecule has 1 heterocycles. The van der Waals surface area contributed by atoms with Crippen LogP contribution < -0.4 is 0 Å². The summed E-state index contributed by atoms with van der Waals surface area (Å²) in [5.74, 6) is -0.459. The number of carbonyl (C=O) groups is 1. The van der Waals surface area contributed by atoms with Gasteiger partial charge in [-0.1, -0.05) is 34.4 Å². The van der Waals surface area contributed by atoms with Crippen molar-refractivity contribution in [3.05, 3.63) is 33.8 Å². The summed E-state index contributed by atoms with van der Waals surface area (Å²) >= 11 is 11.6. The maximum Gasteiger partial charge on any atom is 0.314 e. The summed E-state index contributed by atoms with van der Waals surface area (Å²) in [5.41, 5.74) is 1.01. The van der Waals surface area contributed by atoms with E-state index >= 15 is 0 Å². The first-order valence-electron chi connectivity index (χ1n) is 4.71. The molecule has 0 spiro atoms. The van der Waals surface area contributed by atoms with Crippen LogP contribution in [0.5, 0.6) is 0 Å². The largest absolute Gasteiger partial charge is 0.390 e. The van der Waals surface area contributed by atoms with Gasteiger partial charge >= 0.3 is 5.91 Å². The summed E-state index contributed by atoms with van der Waals surface area (Å²) in [6.07, 6.45) is 0. The van der Waals surface area contributed by atoms with Crippen molar-refractivity contribution in [3.8, 4) is 0 Å². The standard InChI is InChI=1S/C10H7Cl2N3O2/c11-7-2-1-6(3-8(7)12)5-17-15-9-4-13-14-10(9)16/h1-3H,4-5H2. The van der Waals surface area contributed by atoms with Gasteiger partial charge in [0.25, 0.3) is 0 Å². The predicted octanol–water partition coefficient (Wildman–Crippen LogP) is 2.86. The number of rotatable bonds is 3. The summed E-state index contributed by atoms with van der Waals surface area (Å²) in [4.78, 5) is 16.0. The average molecular weight is 272 g/mol. The Bertz CT molecular complexity index is 514. The first-order valence-corrected chi connectivity index (χ1v) is 5.47. The van der Waals surface area contributed by atoms with Crippen LogP contribution in [0.15, 0.2) is 33.6 Å². The van der Waals surface area contributed by atoms with Gasteiger partial charge in [-0.15, -0.1) is 5.11 Å². The normalized spacial score (nSPS) is 16.8. The number of hydrogen-bond acceptors (Lipinski definition) is 4. The van der Waals surface area contributed by atoms with Gasteiger partial charge in [0.1, 0.15) is 13.2 Å².